The van der Waals surface area contributed by atoms with Gasteiger partial charge in [0.25, 0.3) is 0 Å². The van der Waals surface area contributed by atoms with Crippen LogP contribution in [0, 0.1) is 11.3 Å². The van der Waals surface area contributed by atoms with Gasteiger partial charge < -0.3 is 9.84 Å². The molecule has 0 aliphatic rings. The summed E-state index contributed by atoms with van der Waals surface area (Å²) >= 11 is 1.27. The van der Waals surface area contributed by atoms with E-state index in [1.54, 1.807) is 25.6 Å². The number of rotatable bonds is 5. The van der Waals surface area contributed by atoms with Crippen LogP contribution in [0.3, 0.4) is 0 Å². The molecule has 7 heteroatoms. The third kappa shape index (κ3) is 3.60. The summed E-state index contributed by atoms with van der Waals surface area (Å²) in [6.45, 7) is 0. The van der Waals surface area contributed by atoms with E-state index >= 15 is 0 Å². The summed E-state index contributed by atoms with van der Waals surface area (Å²) in [6, 6.07) is 13.4. The van der Waals surface area contributed by atoms with Crippen LogP contribution in [-0.2, 0) is 6.42 Å². The van der Waals surface area contributed by atoms with Gasteiger partial charge in [-0.3, -0.25) is 0 Å². The van der Waals surface area contributed by atoms with Crippen LogP contribution in [0.5, 0.6) is 11.8 Å². The second-order valence-electron chi connectivity index (χ2n) is 5.36. The lowest BCUT2D eigenvalue weighted by molar-refractivity contribution is -0.276. The Balaban J connectivity index is 1.99. The van der Waals surface area contributed by atoms with Crippen LogP contribution in [0.15, 0.2) is 47.6 Å². The van der Waals surface area contributed by atoms with E-state index in [1.165, 1.54) is 11.8 Å². The molecule has 0 amide bonds. The van der Waals surface area contributed by atoms with Gasteiger partial charge in [0.1, 0.15) is 16.9 Å². The lowest BCUT2D eigenvalue weighted by atomic mass is 9.98. The molecule has 0 saturated heterocycles. The van der Waals surface area contributed by atoms with Crippen molar-refractivity contribution in [2.24, 2.45) is 0 Å². The number of nitriles is 1. The fourth-order valence-electron chi connectivity index (χ4n) is 2.57. The van der Waals surface area contributed by atoms with Crippen molar-refractivity contribution in [1.29, 1.82) is 5.26 Å². The first-order valence-electron chi connectivity index (χ1n) is 7.76. The Morgan fingerprint density at radius 3 is 2.65 bits per heavy atom. The second kappa shape index (κ2) is 7.85. The van der Waals surface area contributed by atoms with Gasteiger partial charge in [0.05, 0.1) is 12.7 Å². The van der Waals surface area contributed by atoms with Crippen LogP contribution < -0.4 is 9.84 Å². The fraction of sp³-hybridized carbons (Fsp3) is 0.158. The first-order valence-corrected chi connectivity index (χ1v) is 8.99. The summed E-state index contributed by atoms with van der Waals surface area (Å²) in [5, 5.41) is 21.6. The van der Waals surface area contributed by atoms with Gasteiger partial charge in [0.15, 0.2) is 0 Å². The van der Waals surface area contributed by atoms with E-state index in [-0.39, 0.29) is 5.56 Å². The summed E-state index contributed by atoms with van der Waals surface area (Å²) in [5.74, 6) is 0.403. The second-order valence-corrected chi connectivity index (χ2v) is 6.16. The van der Waals surface area contributed by atoms with Crippen molar-refractivity contribution < 1.29 is 9.84 Å². The maximum Gasteiger partial charge on any atom is 0.212 e. The Morgan fingerprint density at radius 2 is 2.00 bits per heavy atom. The lowest BCUT2D eigenvalue weighted by Gasteiger charge is -2.14. The zero-order chi connectivity index (χ0) is 18.5. The predicted octanol–water partition coefficient (Wildman–Crippen LogP) is 2.81. The third-order valence-corrected chi connectivity index (χ3v) is 4.50. The number of hydrogen-bond acceptors (Lipinski definition) is 7. The number of nitrogens with zero attached hydrogens (tertiary/aromatic N) is 4. The van der Waals surface area contributed by atoms with E-state index in [1.807, 2.05) is 36.4 Å². The summed E-state index contributed by atoms with van der Waals surface area (Å²) in [7, 11) is 1.57. The Morgan fingerprint density at radius 1 is 1.19 bits per heavy atom. The van der Waals surface area contributed by atoms with Gasteiger partial charge in [-0.2, -0.15) is 5.26 Å². The SMILES string of the molecule is COc1ccc(-c2ccccc2Cc2nc([O-])c(C#N)c(SC)n2)cn1. The molecule has 0 saturated carbocycles. The summed E-state index contributed by atoms with van der Waals surface area (Å²) < 4.78 is 5.10. The van der Waals surface area contributed by atoms with E-state index in [9.17, 15) is 5.11 Å². The molecule has 0 unspecified atom stereocenters. The average Bonchev–Trinajstić information content (AvgIpc) is 2.68. The zero-order valence-corrected chi connectivity index (χ0v) is 15.1. The van der Waals surface area contributed by atoms with Gasteiger partial charge in [0, 0.05) is 30.1 Å². The number of ether oxygens (including phenoxy) is 1. The van der Waals surface area contributed by atoms with Gasteiger partial charge in [-0.25, -0.2) is 15.0 Å². The molecule has 0 atom stereocenters. The van der Waals surface area contributed by atoms with E-state index < -0.39 is 5.88 Å². The van der Waals surface area contributed by atoms with E-state index in [2.05, 4.69) is 15.0 Å². The smallest absolute Gasteiger partial charge is 0.212 e. The molecule has 3 aromatic rings. The lowest BCUT2D eigenvalue weighted by Crippen LogP contribution is -2.07. The van der Waals surface area contributed by atoms with Gasteiger partial charge in [0.2, 0.25) is 5.88 Å². The largest absolute Gasteiger partial charge is 0.858 e. The Bertz CT molecular complexity index is 968. The number of aromatic nitrogens is 3. The van der Waals surface area contributed by atoms with Gasteiger partial charge in [-0.05, 0) is 23.4 Å². The fourth-order valence-corrected chi connectivity index (χ4v) is 3.11. The highest BCUT2D eigenvalue weighted by Gasteiger charge is 2.12. The molecular weight excluding hydrogens is 348 g/mol. The third-order valence-electron chi connectivity index (χ3n) is 3.82. The summed E-state index contributed by atoms with van der Waals surface area (Å²) in [6.07, 6.45) is 3.91. The first-order chi connectivity index (χ1) is 12.7. The van der Waals surface area contributed by atoms with Gasteiger partial charge in [-0.1, -0.05) is 24.3 Å². The molecular formula is C19H15N4O2S-. The van der Waals surface area contributed by atoms with E-state index in [4.69, 9.17) is 10.00 Å². The Kier molecular flexibility index (Phi) is 5.34. The quantitative estimate of drug-likeness (QED) is 0.508. The number of thioether (sulfide) groups is 1. The molecule has 0 aliphatic heterocycles. The van der Waals surface area contributed by atoms with Crippen LogP contribution in [0.2, 0.25) is 0 Å². The molecule has 0 N–H and O–H groups in total. The molecule has 0 spiro atoms. The molecule has 0 bridgehead atoms. The normalized spacial score (nSPS) is 10.3. The van der Waals surface area contributed by atoms with Crippen LogP contribution in [0.4, 0.5) is 0 Å². The number of hydrogen-bond donors (Lipinski definition) is 0. The van der Waals surface area contributed by atoms with Crippen molar-refractivity contribution in [1.82, 2.24) is 15.0 Å². The average molecular weight is 363 g/mol. The monoisotopic (exact) mass is 363 g/mol. The number of methoxy groups -OCH3 is 1. The zero-order valence-electron chi connectivity index (χ0n) is 14.3. The topological polar surface area (TPSA) is 94.8 Å². The molecule has 0 aliphatic carbocycles. The number of pyridine rings is 1. The molecule has 1 aromatic carbocycles. The standard InChI is InChI=1S/C19H16N4O2S/c1-25-17-8-7-13(11-21-17)14-6-4-3-5-12(14)9-16-22-18(24)15(10-20)19(23-16)26-2/h3-8,11H,9H2,1-2H3,(H,22,23,24)/p-1. The molecule has 6 nitrogen and oxygen atoms in total. The maximum absolute atomic E-state index is 12.1. The molecule has 2 aromatic heterocycles. The molecule has 2 heterocycles. The minimum absolute atomic E-state index is 0.00566. The predicted molar refractivity (Wildman–Crippen MR) is 97.0 cm³/mol. The van der Waals surface area contributed by atoms with Gasteiger partial charge in [-0.15, -0.1) is 11.8 Å². The summed E-state index contributed by atoms with van der Waals surface area (Å²) in [5.41, 5.74) is 2.88. The van der Waals surface area contributed by atoms with Crippen molar-refractivity contribution in [3.8, 4) is 29.0 Å². The minimum atomic E-state index is -0.537. The summed E-state index contributed by atoms with van der Waals surface area (Å²) in [4.78, 5) is 12.6. The molecule has 130 valence electrons. The Labute approximate surface area is 155 Å². The molecule has 26 heavy (non-hydrogen) atoms. The molecule has 3 rings (SSSR count). The van der Waals surface area contributed by atoms with E-state index in [0.29, 0.717) is 23.2 Å². The van der Waals surface area contributed by atoms with Crippen LogP contribution in [0.25, 0.3) is 11.1 Å². The van der Waals surface area contributed by atoms with Crippen molar-refractivity contribution in [2.75, 3.05) is 13.4 Å². The van der Waals surface area contributed by atoms with Crippen molar-refractivity contribution in [3.63, 3.8) is 0 Å². The maximum atomic E-state index is 12.1. The highest BCUT2D eigenvalue weighted by molar-refractivity contribution is 7.98. The minimum Gasteiger partial charge on any atom is -0.858 e. The van der Waals surface area contributed by atoms with Crippen molar-refractivity contribution >= 4 is 11.8 Å². The molecule has 0 fully saturated rings. The first kappa shape index (κ1) is 17.7. The van der Waals surface area contributed by atoms with Crippen molar-refractivity contribution in [2.45, 2.75) is 11.4 Å². The van der Waals surface area contributed by atoms with Crippen LogP contribution >= 0.6 is 11.8 Å². The van der Waals surface area contributed by atoms with Crippen LogP contribution in [0.1, 0.15) is 17.0 Å². The highest BCUT2D eigenvalue weighted by atomic mass is 32.2. The van der Waals surface area contributed by atoms with Crippen molar-refractivity contribution in [3.05, 3.63) is 59.5 Å². The Hall–Kier alpha value is -3.11. The number of benzene rings is 1. The van der Waals surface area contributed by atoms with Gasteiger partial charge >= 0.3 is 0 Å². The van der Waals surface area contributed by atoms with E-state index in [0.717, 1.165) is 16.7 Å². The highest BCUT2D eigenvalue weighted by Crippen LogP contribution is 2.27. The molecule has 0 radical (unpaired) electrons. The van der Waals surface area contributed by atoms with Crippen LogP contribution in [-0.4, -0.2) is 28.3 Å².